The lowest BCUT2D eigenvalue weighted by Crippen LogP contribution is -2.43. The van der Waals surface area contributed by atoms with Crippen LogP contribution in [0.25, 0.3) is 0 Å². The van der Waals surface area contributed by atoms with Gasteiger partial charge in [0.05, 0.1) is 0 Å². The number of nitrogens with zero attached hydrogens (tertiary/aromatic N) is 2. The van der Waals surface area contributed by atoms with Gasteiger partial charge in [0.25, 0.3) is 10.0 Å². The van der Waals surface area contributed by atoms with Crippen LogP contribution in [0.1, 0.15) is 31.7 Å². The normalized spacial score (nSPS) is 20.7. The van der Waals surface area contributed by atoms with Crippen LogP contribution in [0.5, 0.6) is 0 Å². The molecule has 1 unspecified atom stereocenters. The maximum atomic E-state index is 12.2. The molecule has 0 spiro atoms. The maximum Gasteiger partial charge on any atom is 0.285 e. The number of nitrogens with two attached hydrogens (primary N) is 1. The first-order chi connectivity index (χ1) is 11.9. The third-order valence-corrected chi connectivity index (χ3v) is 6.00. The number of carbonyl (C=O) groups excluding carboxylic acids is 1. The van der Waals surface area contributed by atoms with E-state index in [1.54, 1.807) is 18.2 Å². The summed E-state index contributed by atoms with van der Waals surface area (Å²) in [5, 5.41) is 2.93. The van der Waals surface area contributed by atoms with E-state index in [4.69, 9.17) is 5.73 Å². The topological polar surface area (TPSA) is 105 Å². The second-order valence-electron chi connectivity index (χ2n) is 6.70. The van der Waals surface area contributed by atoms with Crippen LogP contribution in [0.15, 0.2) is 33.6 Å². The van der Waals surface area contributed by atoms with Crippen molar-refractivity contribution in [3.05, 3.63) is 29.8 Å². The molecular weight excluding hydrogens is 340 g/mol. The first-order valence-corrected chi connectivity index (χ1v) is 10.0. The molecule has 1 aromatic rings. The Morgan fingerprint density at radius 2 is 2.04 bits per heavy atom. The van der Waals surface area contributed by atoms with Gasteiger partial charge in [-0.1, -0.05) is 12.1 Å². The van der Waals surface area contributed by atoms with Crippen molar-refractivity contribution in [1.29, 1.82) is 0 Å². The number of nitrogens with one attached hydrogen (secondary N) is 1. The Bertz CT molecular complexity index is 781. The Kier molecular flexibility index (Phi) is 5.10. The van der Waals surface area contributed by atoms with Crippen molar-refractivity contribution < 1.29 is 13.2 Å². The number of hydrogen-bond donors (Lipinski definition) is 2. The van der Waals surface area contributed by atoms with Crippen LogP contribution < -0.4 is 11.1 Å². The number of rotatable bonds is 4. The molecule has 3 rings (SSSR count). The average molecular weight is 364 g/mol. The van der Waals surface area contributed by atoms with Gasteiger partial charge in [0, 0.05) is 37.2 Å². The molecule has 1 atom stereocenters. The molecule has 3 N–H and O–H groups in total. The van der Waals surface area contributed by atoms with Crippen molar-refractivity contribution in [3.63, 3.8) is 0 Å². The average Bonchev–Trinajstić information content (AvgIpc) is 2.86. The van der Waals surface area contributed by atoms with E-state index in [1.165, 1.54) is 0 Å². The third-order valence-electron chi connectivity index (χ3n) is 4.68. The fourth-order valence-electron chi connectivity index (χ4n) is 3.24. The van der Waals surface area contributed by atoms with Gasteiger partial charge in [-0.25, -0.2) is 0 Å². The van der Waals surface area contributed by atoms with Crippen molar-refractivity contribution in [2.45, 2.75) is 37.1 Å². The van der Waals surface area contributed by atoms with Crippen LogP contribution in [-0.2, 0) is 14.8 Å². The van der Waals surface area contributed by atoms with Crippen LogP contribution in [0.3, 0.4) is 0 Å². The molecule has 1 aromatic carbocycles. The number of carbonyl (C=O) groups is 1. The van der Waals surface area contributed by atoms with Gasteiger partial charge in [-0.15, -0.1) is 4.40 Å². The van der Waals surface area contributed by atoms with Crippen LogP contribution in [-0.4, -0.2) is 50.7 Å². The number of benzene rings is 1. The van der Waals surface area contributed by atoms with Crippen molar-refractivity contribution in [2.24, 2.45) is 16.0 Å². The molecule has 0 radical (unpaired) electrons. The van der Waals surface area contributed by atoms with E-state index in [0.29, 0.717) is 43.9 Å². The van der Waals surface area contributed by atoms with E-state index < -0.39 is 10.0 Å². The number of fused-ring (bicyclic) bond motifs is 1. The molecule has 2 aliphatic heterocycles. The maximum absolute atomic E-state index is 12.2. The highest BCUT2D eigenvalue weighted by atomic mass is 32.2. The van der Waals surface area contributed by atoms with Gasteiger partial charge in [0.1, 0.15) is 4.90 Å². The molecular formula is C17H24N4O3S. The highest BCUT2D eigenvalue weighted by Gasteiger charge is 2.34. The second kappa shape index (κ2) is 7.13. The molecule has 0 saturated carbocycles. The molecule has 2 aliphatic rings. The molecule has 1 amide bonds. The van der Waals surface area contributed by atoms with E-state index in [1.807, 2.05) is 17.9 Å². The first-order valence-electron chi connectivity index (χ1n) is 8.61. The fourth-order valence-corrected chi connectivity index (χ4v) is 4.47. The monoisotopic (exact) mass is 364 g/mol. The zero-order chi connectivity index (χ0) is 18.0. The SMILES string of the molecule is CC(N)CCNC(=O)C1CCN(C2=NS(=O)(=O)c3ccccc32)CC1. The van der Waals surface area contributed by atoms with Gasteiger partial charge in [-0.2, -0.15) is 8.42 Å². The van der Waals surface area contributed by atoms with E-state index in [2.05, 4.69) is 9.71 Å². The van der Waals surface area contributed by atoms with Crippen LogP contribution in [0.4, 0.5) is 0 Å². The Morgan fingerprint density at radius 3 is 2.72 bits per heavy atom. The highest BCUT2D eigenvalue weighted by Crippen LogP contribution is 2.29. The lowest BCUT2D eigenvalue weighted by atomic mass is 9.95. The summed E-state index contributed by atoms with van der Waals surface area (Å²) in [7, 11) is -3.60. The summed E-state index contributed by atoms with van der Waals surface area (Å²) in [4.78, 5) is 14.4. The van der Waals surface area contributed by atoms with E-state index in [0.717, 1.165) is 6.42 Å². The molecule has 2 heterocycles. The van der Waals surface area contributed by atoms with Gasteiger partial charge in [0.15, 0.2) is 5.84 Å². The Morgan fingerprint density at radius 1 is 1.36 bits per heavy atom. The number of sulfonamides is 1. The standard InChI is InChI=1S/C17H24N4O3S/c1-12(18)6-9-19-17(22)13-7-10-21(11-8-13)16-14-4-2-3-5-15(14)25(23,24)20-16/h2-5,12-13H,6-11,18H2,1H3,(H,19,22). The summed E-state index contributed by atoms with van der Waals surface area (Å²) in [6.45, 7) is 3.75. The van der Waals surface area contributed by atoms with Crippen LogP contribution in [0.2, 0.25) is 0 Å². The predicted octanol–water partition coefficient (Wildman–Crippen LogP) is 0.701. The van der Waals surface area contributed by atoms with Crippen molar-refractivity contribution >= 4 is 21.8 Å². The third kappa shape index (κ3) is 3.85. The molecule has 1 saturated heterocycles. The molecule has 1 fully saturated rings. The Labute approximate surface area is 148 Å². The van der Waals surface area contributed by atoms with E-state index in [-0.39, 0.29) is 22.8 Å². The summed E-state index contributed by atoms with van der Waals surface area (Å²) in [6.07, 6.45) is 2.13. The minimum absolute atomic E-state index is 0.0433. The number of amides is 1. The van der Waals surface area contributed by atoms with Gasteiger partial charge in [-0.3, -0.25) is 4.79 Å². The lowest BCUT2D eigenvalue weighted by Gasteiger charge is -2.32. The minimum atomic E-state index is -3.60. The van der Waals surface area contributed by atoms with Gasteiger partial charge >= 0.3 is 0 Å². The zero-order valence-electron chi connectivity index (χ0n) is 14.3. The molecule has 7 nitrogen and oxygen atoms in total. The van der Waals surface area contributed by atoms with E-state index in [9.17, 15) is 13.2 Å². The minimum Gasteiger partial charge on any atom is -0.356 e. The Balaban J connectivity index is 1.61. The van der Waals surface area contributed by atoms with E-state index >= 15 is 0 Å². The molecule has 0 aromatic heterocycles. The van der Waals surface area contributed by atoms with Gasteiger partial charge in [0.2, 0.25) is 5.91 Å². The van der Waals surface area contributed by atoms with Gasteiger partial charge < -0.3 is 16.0 Å². The number of likely N-dealkylation sites (tertiary alicyclic amines) is 1. The smallest absolute Gasteiger partial charge is 0.285 e. The lowest BCUT2D eigenvalue weighted by molar-refractivity contribution is -0.126. The number of piperidine rings is 1. The fraction of sp³-hybridized carbons (Fsp3) is 0.529. The summed E-state index contributed by atoms with van der Waals surface area (Å²) in [6, 6.07) is 6.96. The van der Waals surface area contributed by atoms with Gasteiger partial charge in [-0.05, 0) is 38.3 Å². The quantitative estimate of drug-likeness (QED) is 0.818. The number of hydrogen-bond acceptors (Lipinski definition) is 5. The molecule has 8 heteroatoms. The molecule has 136 valence electrons. The molecule has 0 aliphatic carbocycles. The zero-order valence-corrected chi connectivity index (χ0v) is 15.1. The van der Waals surface area contributed by atoms with Crippen LogP contribution >= 0.6 is 0 Å². The molecule has 0 bridgehead atoms. The Hall–Kier alpha value is -1.93. The summed E-state index contributed by atoms with van der Waals surface area (Å²) in [5.41, 5.74) is 6.34. The van der Waals surface area contributed by atoms with Crippen molar-refractivity contribution in [2.75, 3.05) is 19.6 Å². The number of amidine groups is 1. The van der Waals surface area contributed by atoms with Crippen molar-refractivity contribution in [3.8, 4) is 0 Å². The largest absolute Gasteiger partial charge is 0.356 e. The second-order valence-corrected chi connectivity index (χ2v) is 8.28. The van der Waals surface area contributed by atoms with Crippen LogP contribution in [0, 0.1) is 5.92 Å². The predicted molar refractivity (Wildman–Crippen MR) is 95.7 cm³/mol. The summed E-state index contributed by atoms with van der Waals surface area (Å²) in [5.74, 6) is 0.520. The highest BCUT2D eigenvalue weighted by molar-refractivity contribution is 7.90. The summed E-state index contributed by atoms with van der Waals surface area (Å²) >= 11 is 0. The molecule has 25 heavy (non-hydrogen) atoms. The van der Waals surface area contributed by atoms with Crippen molar-refractivity contribution in [1.82, 2.24) is 10.2 Å². The summed E-state index contributed by atoms with van der Waals surface area (Å²) < 4.78 is 28.3. The first kappa shape index (κ1) is 17.9.